The van der Waals surface area contributed by atoms with Crippen molar-refractivity contribution >= 4 is 16.7 Å². The van der Waals surface area contributed by atoms with E-state index < -0.39 is 11.2 Å². The summed E-state index contributed by atoms with van der Waals surface area (Å²) in [6.07, 6.45) is 0. The lowest BCUT2D eigenvalue weighted by atomic mass is 10.1. The van der Waals surface area contributed by atoms with E-state index in [0.29, 0.717) is 5.58 Å². The zero-order valence-electron chi connectivity index (χ0n) is 11.8. The average molecular weight is 285 g/mol. The topological polar surface area (TPSA) is 79.2 Å². The fourth-order valence-electron chi connectivity index (χ4n) is 2.42. The van der Waals surface area contributed by atoms with Gasteiger partial charge in [0.2, 0.25) is 5.89 Å². The first-order valence-electron chi connectivity index (χ1n) is 6.85. The third-order valence-electron chi connectivity index (χ3n) is 3.53. The highest BCUT2D eigenvalue weighted by Gasteiger charge is 2.14. The minimum atomic E-state index is -0.699. The third-order valence-corrected chi connectivity index (χ3v) is 3.53. The fourth-order valence-corrected chi connectivity index (χ4v) is 2.42. The van der Waals surface area contributed by atoms with Crippen LogP contribution in [0.4, 0.5) is 5.69 Å². The molecule has 1 aromatic rings. The molecule has 0 saturated carbocycles. The van der Waals surface area contributed by atoms with Crippen LogP contribution in [0.5, 0.6) is 0 Å². The zero-order chi connectivity index (χ0) is 15.0. The van der Waals surface area contributed by atoms with Crippen LogP contribution in [0.25, 0.3) is 22.4 Å². The van der Waals surface area contributed by atoms with Crippen molar-refractivity contribution in [3.8, 4) is 11.5 Å². The second-order valence-corrected chi connectivity index (χ2v) is 4.73. The number of aromatic amines is 1. The Hall–Kier alpha value is -2.63. The van der Waals surface area contributed by atoms with Crippen LogP contribution in [-0.4, -0.2) is 23.1 Å². The van der Waals surface area contributed by atoms with Gasteiger partial charge in [-0.15, -0.1) is 0 Å². The Kier molecular flexibility index (Phi) is 3.21. The largest absolute Gasteiger partial charge is 0.437 e. The molecule has 0 radical (unpaired) electrons. The van der Waals surface area contributed by atoms with Gasteiger partial charge in [0.05, 0.1) is 0 Å². The second-order valence-electron chi connectivity index (χ2n) is 4.73. The minimum absolute atomic E-state index is 0.0629. The summed E-state index contributed by atoms with van der Waals surface area (Å²) in [5, 5.41) is 0.796. The molecule has 2 heterocycles. The van der Waals surface area contributed by atoms with Crippen LogP contribution in [0.15, 0.2) is 38.3 Å². The van der Waals surface area contributed by atoms with E-state index >= 15 is 0 Å². The highest BCUT2D eigenvalue weighted by Crippen LogP contribution is 2.27. The third kappa shape index (κ3) is 2.29. The molecule has 0 aliphatic carbocycles. The van der Waals surface area contributed by atoms with Crippen LogP contribution in [0.3, 0.4) is 0 Å². The molecule has 0 amide bonds. The van der Waals surface area contributed by atoms with Gasteiger partial charge in [-0.25, -0.2) is 4.79 Å². The monoisotopic (exact) mass is 285 g/mol. The van der Waals surface area contributed by atoms with Crippen molar-refractivity contribution < 1.29 is 4.42 Å². The quantitative estimate of drug-likeness (QED) is 0.743. The maximum absolute atomic E-state index is 11.7. The van der Waals surface area contributed by atoms with E-state index in [1.54, 1.807) is 6.07 Å². The number of anilines is 1. The minimum Gasteiger partial charge on any atom is -0.437 e. The number of nitrogens with one attached hydrogen (secondary N) is 1. The SMILES string of the molecule is CCN(CC)c1ccc2cc3c(=O)[nH]c(=O)nc-3oc2c1. The Balaban J connectivity index is 2.27. The second kappa shape index (κ2) is 5.05. The highest BCUT2D eigenvalue weighted by molar-refractivity contribution is 5.84. The fraction of sp³-hybridized carbons (Fsp3) is 0.267. The predicted molar refractivity (Wildman–Crippen MR) is 81.1 cm³/mol. The molecule has 0 aromatic heterocycles. The molecule has 6 heteroatoms. The summed E-state index contributed by atoms with van der Waals surface area (Å²) < 4.78 is 5.63. The number of aromatic nitrogens is 2. The van der Waals surface area contributed by atoms with Gasteiger partial charge in [0, 0.05) is 30.2 Å². The highest BCUT2D eigenvalue weighted by atomic mass is 16.3. The number of rotatable bonds is 3. The molecule has 1 aromatic carbocycles. The summed E-state index contributed by atoms with van der Waals surface area (Å²) in [5.74, 6) is 0.0629. The number of fused-ring (bicyclic) bond motifs is 2. The lowest BCUT2D eigenvalue weighted by Gasteiger charge is -2.21. The first-order chi connectivity index (χ1) is 10.1. The summed E-state index contributed by atoms with van der Waals surface area (Å²) in [5.41, 5.74) is 0.726. The summed E-state index contributed by atoms with van der Waals surface area (Å²) in [6.45, 7) is 5.93. The van der Waals surface area contributed by atoms with Crippen LogP contribution in [0, 0.1) is 0 Å². The number of nitrogens with zero attached hydrogens (tertiary/aromatic N) is 2. The van der Waals surface area contributed by atoms with Crippen molar-refractivity contribution in [2.75, 3.05) is 18.0 Å². The smallest absolute Gasteiger partial charge is 0.351 e. The molecule has 1 N–H and O–H groups in total. The predicted octanol–water partition coefficient (Wildman–Crippen LogP) is 1.83. The summed E-state index contributed by atoms with van der Waals surface area (Å²) in [4.78, 5) is 31.0. The van der Waals surface area contributed by atoms with Crippen molar-refractivity contribution in [2.24, 2.45) is 0 Å². The van der Waals surface area contributed by atoms with Gasteiger partial charge in [0.1, 0.15) is 11.1 Å². The Labute approximate surface area is 120 Å². The first-order valence-corrected chi connectivity index (χ1v) is 6.85. The number of hydrogen-bond donors (Lipinski definition) is 1. The van der Waals surface area contributed by atoms with Gasteiger partial charge in [0.15, 0.2) is 0 Å². The van der Waals surface area contributed by atoms with E-state index in [1.807, 2.05) is 18.2 Å². The van der Waals surface area contributed by atoms with E-state index in [9.17, 15) is 9.59 Å². The molecule has 0 spiro atoms. The van der Waals surface area contributed by atoms with E-state index in [2.05, 4.69) is 28.7 Å². The normalized spacial score (nSPS) is 11.1. The maximum atomic E-state index is 11.7. The molecular weight excluding hydrogens is 270 g/mol. The van der Waals surface area contributed by atoms with E-state index in [1.165, 1.54) is 0 Å². The molecule has 0 saturated heterocycles. The van der Waals surface area contributed by atoms with Gasteiger partial charge in [0.25, 0.3) is 5.56 Å². The van der Waals surface area contributed by atoms with E-state index in [-0.39, 0.29) is 11.5 Å². The lowest BCUT2D eigenvalue weighted by molar-refractivity contribution is 0.592. The molecule has 6 nitrogen and oxygen atoms in total. The summed E-state index contributed by atoms with van der Waals surface area (Å²) in [7, 11) is 0. The van der Waals surface area contributed by atoms with Crippen molar-refractivity contribution in [2.45, 2.75) is 13.8 Å². The van der Waals surface area contributed by atoms with Crippen molar-refractivity contribution in [1.82, 2.24) is 9.97 Å². The average Bonchev–Trinajstić information content (AvgIpc) is 2.46. The van der Waals surface area contributed by atoms with Crippen molar-refractivity contribution in [3.63, 3.8) is 0 Å². The number of hydrogen-bond acceptors (Lipinski definition) is 5. The molecule has 0 bridgehead atoms. The lowest BCUT2D eigenvalue weighted by Crippen LogP contribution is -2.24. The Morgan fingerprint density at radius 3 is 2.67 bits per heavy atom. The number of benzene rings is 1. The Morgan fingerprint density at radius 2 is 1.95 bits per heavy atom. The van der Waals surface area contributed by atoms with Crippen molar-refractivity contribution in [3.05, 3.63) is 45.1 Å². The van der Waals surface area contributed by atoms with Gasteiger partial charge < -0.3 is 9.32 Å². The van der Waals surface area contributed by atoms with Crippen molar-refractivity contribution in [1.29, 1.82) is 0 Å². The molecule has 2 aliphatic rings. The van der Waals surface area contributed by atoms with Crippen LogP contribution in [-0.2, 0) is 0 Å². The standard InChI is InChI=1S/C15H15N3O3/c1-3-18(4-2)10-6-5-9-7-11-13(19)16-15(20)17-14(11)21-12(9)8-10/h5-8H,3-4H2,1-2H3,(H,16,19,20). The van der Waals surface area contributed by atoms with Gasteiger partial charge in [-0.05, 0) is 32.0 Å². The van der Waals surface area contributed by atoms with Crippen LogP contribution >= 0.6 is 0 Å². The molecule has 2 aliphatic heterocycles. The molecule has 21 heavy (non-hydrogen) atoms. The number of H-pyrrole nitrogens is 1. The Morgan fingerprint density at radius 1 is 1.19 bits per heavy atom. The van der Waals surface area contributed by atoms with Gasteiger partial charge >= 0.3 is 5.69 Å². The van der Waals surface area contributed by atoms with Crippen LogP contribution < -0.4 is 16.1 Å². The summed E-state index contributed by atoms with van der Waals surface area (Å²) >= 11 is 0. The molecular formula is C15H15N3O3. The summed E-state index contributed by atoms with van der Waals surface area (Å²) in [6, 6.07) is 7.47. The molecule has 108 valence electrons. The van der Waals surface area contributed by atoms with Gasteiger partial charge in [-0.1, -0.05) is 0 Å². The van der Waals surface area contributed by atoms with Gasteiger partial charge in [-0.3, -0.25) is 9.78 Å². The maximum Gasteiger partial charge on any atom is 0.351 e. The molecule has 0 unspecified atom stereocenters. The Bertz CT molecular complexity index is 877. The van der Waals surface area contributed by atoms with E-state index in [0.717, 1.165) is 24.2 Å². The molecule has 0 fully saturated rings. The molecule has 0 atom stereocenters. The zero-order valence-corrected chi connectivity index (χ0v) is 11.8. The van der Waals surface area contributed by atoms with Crippen LogP contribution in [0.2, 0.25) is 0 Å². The molecule has 3 rings (SSSR count). The van der Waals surface area contributed by atoms with Crippen LogP contribution in [0.1, 0.15) is 13.8 Å². The van der Waals surface area contributed by atoms with Gasteiger partial charge in [-0.2, -0.15) is 4.98 Å². The first kappa shape index (κ1) is 13.4. The van der Waals surface area contributed by atoms with E-state index in [4.69, 9.17) is 4.42 Å².